The monoisotopic (exact) mass is 337 g/mol. The zero-order chi connectivity index (χ0) is 14.8. The smallest absolute Gasteiger partial charge is 0.141 e. The molecule has 5 nitrogen and oxygen atoms in total. The number of rotatable bonds is 4. The van der Waals surface area contributed by atoms with Crippen molar-refractivity contribution in [2.75, 3.05) is 0 Å². The third kappa shape index (κ3) is 3.64. The van der Waals surface area contributed by atoms with E-state index >= 15 is 0 Å². The molecular weight excluding hydrogens is 318 g/mol. The molecule has 0 radical (unpaired) electrons. The van der Waals surface area contributed by atoms with Gasteiger partial charge in [-0.25, -0.2) is 9.67 Å². The van der Waals surface area contributed by atoms with E-state index in [2.05, 4.69) is 64.0 Å². The Kier molecular flexibility index (Phi) is 4.55. The maximum absolute atomic E-state index is 4.38. The minimum absolute atomic E-state index is 0.0647. The van der Waals surface area contributed by atoms with Crippen LogP contribution in [0.4, 0.5) is 0 Å². The highest BCUT2D eigenvalue weighted by Gasteiger charge is 2.18. The average molecular weight is 338 g/mol. The second-order valence-corrected chi connectivity index (χ2v) is 6.68. The van der Waals surface area contributed by atoms with Gasteiger partial charge in [0.25, 0.3) is 0 Å². The Morgan fingerprint density at radius 3 is 2.75 bits per heavy atom. The second-order valence-electron chi connectivity index (χ2n) is 5.76. The van der Waals surface area contributed by atoms with Crippen molar-refractivity contribution in [2.24, 2.45) is 0 Å². The first-order valence-corrected chi connectivity index (χ1v) is 7.41. The van der Waals surface area contributed by atoms with Crippen LogP contribution in [0, 0.1) is 0 Å². The van der Waals surface area contributed by atoms with Gasteiger partial charge in [0.05, 0.1) is 17.8 Å². The Balaban J connectivity index is 2.04. The molecule has 6 heteroatoms. The fourth-order valence-corrected chi connectivity index (χ4v) is 2.31. The molecule has 20 heavy (non-hydrogen) atoms. The largest absolute Gasteiger partial charge is 0.302 e. The second kappa shape index (κ2) is 6.01. The highest BCUT2D eigenvalue weighted by Crippen LogP contribution is 2.17. The summed E-state index contributed by atoms with van der Waals surface area (Å²) < 4.78 is 2.98. The number of nitrogens with one attached hydrogen (secondary N) is 1. The summed E-state index contributed by atoms with van der Waals surface area (Å²) in [5.41, 5.74) is 0.936. The number of halogens is 1. The van der Waals surface area contributed by atoms with E-state index in [4.69, 9.17) is 0 Å². The van der Waals surface area contributed by atoms with Crippen molar-refractivity contribution >= 4 is 15.9 Å². The number of pyridine rings is 1. The maximum atomic E-state index is 4.38. The minimum atomic E-state index is -0.0647. The first-order valence-electron chi connectivity index (χ1n) is 6.62. The predicted octanol–water partition coefficient (Wildman–Crippen LogP) is 3.04. The van der Waals surface area contributed by atoms with Gasteiger partial charge in [-0.2, -0.15) is 5.10 Å². The van der Waals surface area contributed by atoms with Crippen LogP contribution in [0.2, 0.25) is 0 Å². The summed E-state index contributed by atoms with van der Waals surface area (Å²) in [4.78, 5) is 8.70. The van der Waals surface area contributed by atoms with E-state index < -0.39 is 0 Å². The normalized spacial score (nSPS) is 13.4. The molecule has 0 aliphatic carbocycles. The van der Waals surface area contributed by atoms with Gasteiger partial charge >= 0.3 is 0 Å². The molecule has 0 aliphatic rings. The Morgan fingerprint density at radius 1 is 1.35 bits per heavy atom. The topological polar surface area (TPSA) is 55.6 Å². The van der Waals surface area contributed by atoms with Gasteiger partial charge in [0.1, 0.15) is 12.2 Å². The molecule has 2 rings (SSSR count). The van der Waals surface area contributed by atoms with Crippen molar-refractivity contribution in [3.05, 3.63) is 40.6 Å². The van der Waals surface area contributed by atoms with Crippen LogP contribution >= 0.6 is 15.9 Å². The number of hydrogen-bond donors (Lipinski definition) is 1. The van der Waals surface area contributed by atoms with Crippen LogP contribution < -0.4 is 5.32 Å². The lowest BCUT2D eigenvalue weighted by atomic mass is 10.1. The third-order valence-corrected chi connectivity index (χ3v) is 3.50. The molecule has 0 aromatic carbocycles. The SMILES string of the molecule is CC(NCc1ncnn1C(C)(C)C)c1cc(Br)ccn1. The number of hydrogen-bond acceptors (Lipinski definition) is 4. The lowest BCUT2D eigenvalue weighted by Gasteiger charge is -2.22. The Hall–Kier alpha value is -1.27. The van der Waals surface area contributed by atoms with E-state index in [1.165, 1.54) is 0 Å². The molecule has 0 amide bonds. The first-order chi connectivity index (χ1) is 9.38. The summed E-state index contributed by atoms with van der Waals surface area (Å²) in [6.07, 6.45) is 3.40. The van der Waals surface area contributed by atoms with Crippen LogP contribution in [0.5, 0.6) is 0 Å². The van der Waals surface area contributed by atoms with Gasteiger partial charge in [-0.05, 0) is 39.8 Å². The number of nitrogens with zero attached hydrogens (tertiary/aromatic N) is 4. The van der Waals surface area contributed by atoms with E-state index in [0.29, 0.717) is 6.54 Å². The first kappa shape index (κ1) is 15.1. The molecule has 0 aliphatic heterocycles. The van der Waals surface area contributed by atoms with Gasteiger partial charge in [0.2, 0.25) is 0 Å². The zero-order valence-corrected chi connectivity index (χ0v) is 13.8. The van der Waals surface area contributed by atoms with Gasteiger partial charge in [-0.15, -0.1) is 0 Å². The van der Waals surface area contributed by atoms with E-state index in [0.717, 1.165) is 16.0 Å². The average Bonchev–Trinajstić information content (AvgIpc) is 2.84. The molecule has 0 bridgehead atoms. The molecule has 0 saturated carbocycles. The van der Waals surface area contributed by atoms with E-state index in [1.807, 2.05) is 16.8 Å². The van der Waals surface area contributed by atoms with Crippen LogP contribution in [0.15, 0.2) is 29.1 Å². The van der Waals surface area contributed by atoms with Crippen molar-refractivity contribution < 1.29 is 0 Å². The summed E-state index contributed by atoms with van der Waals surface area (Å²) in [7, 11) is 0. The summed E-state index contributed by atoms with van der Waals surface area (Å²) in [5, 5.41) is 7.73. The van der Waals surface area contributed by atoms with Crippen molar-refractivity contribution in [2.45, 2.75) is 45.8 Å². The van der Waals surface area contributed by atoms with Crippen LogP contribution in [0.1, 0.15) is 45.3 Å². The van der Waals surface area contributed by atoms with Crippen molar-refractivity contribution in [3.63, 3.8) is 0 Å². The summed E-state index contributed by atoms with van der Waals surface area (Å²) in [6.45, 7) is 9.10. The fraction of sp³-hybridized carbons (Fsp3) is 0.500. The van der Waals surface area contributed by atoms with E-state index in [-0.39, 0.29) is 11.6 Å². The third-order valence-electron chi connectivity index (χ3n) is 3.01. The maximum Gasteiger partial charge on any atom is 0.141 e. The van der Waals surface area contributed by atoms with Crippen LogP contribution in [-0.2, 0) is 12.1 Å². The molecule has 0 fully saturated rings. The molecule has 2 heterocycles. The molecule has 1 unspecified atom stereocenters. The highest BCUT2D eigenvalue weighted by molar-refractivity contribution is 9.10. The van der Waals surface area contributed by atoms with Crippen molar-refractivity contribution in [1.82, 2.24) is 25.1 Å². The van der Waals surface area contributed by atoms with Crippen LogP contribution in [-0.4, -0.2) is 19.7 Å². The molecule has 0 spiro atoms. The lowest BCUT2D eigenvalue weighted by molar-refractivity contribution is 0.335. The molecule has 2 aromatic rings. The van der Waals surface area contributed by atoms with E-state index in [1.54, 1.807) is 12.5 Å². The number of aromatic nitrogens is 4. The predicted molar refractivity (Wildman–Crippen MR) is 82.2 cm³/mol. The Morgan fingerprint density at radius 2 is 2.10 bits per heavy atom. The molecule has 1 N–H and O–H groups in total. The molecular formula is C14H20BrN5. The van der Waals surface area contributed by atoms with Crippen LogP contribution in [0.3, 0.4) is 0 Å². The quantitative estimate of drug-likeness (QED) is 0.931. The van der Waals surface area contributed by atoms with Gasteiger partial charge in [0.15, 0.2) is 0 Å². The zero-order valence-electron chi connectivity index (χ0n) is 12.3. The molecule has 1 atom stereocenters. The fourth-order valence-electron chi connectivity index (χ4n) is 1.95. The van der Waals surface area contributed by atoms with Crippen molar-refractivity contribution in [3.8, 4) is 0 Å². The molecule has 2 aromatic heterocycles. The summed E-state index contributed by atoms with van der Waals surface area (Å²) in [5.74, 6) is 0.930. The van der Waals surface area contributed by atoms with Gasteiger partial charge in [-0.3, -0.25) is 4.98 Å². The van der Waals surface area contributed by atoms with Gasteiger partial charge in [0, 0.05) is 16.7 Å². The lowest BCUT2D eigenvalue weighted by Crippen LogP contribution is -2.29. The Bertz CT molecular complexity index is 573. The molecule has 0 saturated heterocycles. The standard InChI is InChI=1S/C14H20BrN5/c1-10(12-7-11(15)5-6-16-12)17-8-13-18-9-19-20(13)14(2,3)4/h5-7,9-10,17H,8H2,1-4H3. The van der Waals surface area contributed by atoms with Gasteiger partial charge in [-0.1, -0.05) is 15.9 Å². The van der Waals surface area contributed by atoms with E-state index in [9.17, 15) is 0 Å². The summed E-state index contributed by atoms with van der Waals surface area (Å²) >= 11 is 3.46. The highest BCUT2D eigenvalue weighted by atomic mass is 79.9. The molecule has 108 valence electrons. The Labute approximate surface area is 128 Å². The van der Waals surface area contributed by atoms with Gasteiger partial charge < -0.3 is 5.32 Å². The van der Waals surface area contributed by atoms with Crippen LogP contribution in [0.25, 0.3) is 0 Å². The summed E-state index contributed by atoms with van der Waals surface area (Å²) in [6, 6.07) is 4.09. The minimum Gasteiger partial charge on any atom is -0.302 e. The van der Waals surface area contributed by atoms with Crippen molar-refractivity contribution in [1.29, 1.82) is 0 Å².